The van der Waals surface area contributed by atoms with Gasteiger partial charge in [-0.3, -0.25) is 4.79 Å². The zero-order valence-corrected chi connectivity index (χ0v) is 15.6. The first kappa shape index (κ1) is 17.2. The Labute approximate surface area is 161 Å². The van der Waals surface area contributed by atoms with Crippen molar-refractivity contribution in [3.05, 3.63) is 88.4 Å². The van der Waals surface area contributed by atoms with Crippen LogP contribution < -0.4 is 5.43 Å². The van der Waals surface area contributed by atoms with Crippen LogP contribution in [0.2, 0.25) is 0 Å². The quantitative estimate of drug-likeness (QED) is 0.424. The molecule has 27 heavy (non-hydrogen) atoms. The molecule has 0 aliphatic rings. The second kappa shape index (κ2) is 7.55. The maximum atomic E-state index is 12.3. The van der Waals surface area contributed by atoms with Gasteiger partial charge in [-0.15, -0.1) is 11.3 Å². The monoisotopic (exact) mass is 374 g/mol. The molecule has 5 nitrogen and oxygen atoms in total. The van der Waals surface area contributed by atoms with Crippen molar-refractivity contribution in [1.82, 2.24) is 15.0 Å². The lowest BCUT2D eigenvalue weighted by molar-refractivity contribution is 0.0959. The highest BCUT2D eigenvalue weighted by Crippen LogP contribution is 2.16. The Bertz CT molecular complexity index is 1100. The normalized spacial score (nSPS) is 11.7. The molecule has 0 radical (unpaired) electrons. The number of carbonyl (C=O) groups is 1. The Morgan fingerprint density at radius 3 is 2.59 bits per heavy atom. The topological polar surface area (TPSA) is 59.3 Å². The number of aromatic nitrogens is 2. The van der Waals surface area contributed by atoms with Crippen molar-refractivity contribution in [2.45, 2.75) is 6.42 Å². The Morgan fingerprint density at radius 1 is 1.07 bits per heavy atom. The minimum absolute atomic E-state index is 0.205. The van der Waals surface area contributed by atoms with E-state index >= 15 is 0 Å². The van der Waals surface area contributed by atoms with E-state index in [9.17, 15) is 4.79 Å². The number of hydrogen-bond donors (Lipinski definition) is 1. The summed E-state index contributed by atoms with van der Waals surface area (Å²) in [4.78, 5) is 17.6. The number of hydrazone groups is 1. The lowest BCUT2D eigenvalue weighted by Gasteiger charge is -2.08. The van der Waals surface area contributed by atoms with Crippen LogP contribution in [0.5, 0.6) is 0 Å². The number of imidazole rings is 1. The van der Waals surface area contributed by atoms with E-state index in [1.54, 1.807) is 6.07 Å². The summed E-state index contributed by atoms with van der Waals surface area (Å²) < 4.78 is 2.06. The smallest absolute Gasteiger partial charge is 0.281 e. The first-order chi connectivity index (χ1) is 13.2. The van der Waals surface area contributed by atoms with Gasteiger partial charge in [-0.1, -0.05) is 48.5 Å². The van der Waals surface area contributed by atoms with Gasteiger partial charge in [0.1, 0.15) is 5.82 Å². The molecule has 1 N–H and O–H groups in total. The number of rotatable bonds is 5. The molecule has 1 amide bonds. The van der Waals surface area contributed by atoms with Crippen molar-refractivity contribution in [2.75, 3.05) is 0 Å². The highest BCUT2D eigenvalue weighted by molar-refractivity contribution is 7.12. The first-order valence-electron chi connectivity index (χ1n) is 8.58. The Balaban J connectivity index is 1.66. The SMILES string of the molecule is Cn1c(C/C(=N/NC(=O)c2cccs2)c2ccccc2)nc2ccccc21. The van der Waals surface area contributed by atoms with E-state index < -0.39 is 0 Å². The summed E-state index contributed by atoms with van der Waals surface area (Å²) in [6, 6.07) is 21.5. The number of carbonyl (C=O) groups excluding carboxylic acids is 1. The van der Waals surface area contributed by atoms with Gasteiger partial charge >= 0.3 is 0 Å². The Kier molecular flexibility index (Phi) is 4.80. The molecule has 134 valence electrons. The van der Waals surface area contributed by atoms with Crippen molar-refractivity contribution in [2.24, 2.45) is 12.1 Å². The minimum atomic E-state index is -0.205. The highest BCUT2D eigenvalue weighted by atomic mass is 32.1. The maximum Gasteiger partial charge on any atom is 0.281 e. The number of hydrogen-bond acceptors (Lipinski definition) is 4. The predicted molar refractivity (Wildman–Crippen MR) is 109 cm³/mol. The van der Waals surface area contributed by atoms with Crippen molar-refractivity contribution >= 4 is 34.0 Å². The highest BCUT2D eigenvalue weighted by Gasteiger charge is 2.13. The molecule has 2 aromatic heterocycles. The van der Waals surface area contributed by atoms with Gasteiger partial charge in [0, 0.05) is 7.05 Å². The van der Waals surface area contributed by atoms with Crippen molar-refractivity contribution in [3.8, 4) is 0 Å². The molecule has 0 aliphatic carbocycles. The van der Waals surface area contributed by atoms with Gasteiger partial charge in [0.05, 0.1) is 28.0 Å². The van der Waals surface area contributed by atoms with E-state index in [-0.39, 0.29) is 5.91 Å². The van der Waals surface area contributed by atoms with Crippen LogP contribution in [0.25, 0.3) is 11.0 Å². The molecule has 0 aliphatic heterocycles. The van der Waals surface area contributed by atoms with Crippen LogP contribution in [0.4, 0.5) is 0 Å². The summed E-state index contributed by atoms with van der Waals surface area (Å²) in [7, 11) is 2.00. The van der Waals surface area contributed by atoms with E-state index in [0.717, 1.165) is 28.1 Å². The standard InChI is InChI=1S/C21H18N4OS/c1-25-18-11-6-5-10-16(18)22-20(25)14-17(15-8-3-2-4-9-15)23-24-21(26)19-12-7-13-27-19/h2-13H,14H2,1H3,(H,24,26)/b23-17-. The fraction of sp³-hybridized carbons (Fsp3) is 0.0952. The van der Waals surface area contributed by atoms with Crippen LogP contribution in [0.1, 0.15) is 21.1 Å². The average molecular weight is 374 g/mol. The maximum absolute atomic E-state index is 12.3. The average Bonchev–Trinajstić information content (AvgIpc) is 3.35. The molecule has 0 bridgehead atoms. The summed E-state index contributed by atoms with van der Waals surface area (Å²) in [6.07, 6.45) is 0.514. The molecule has 0 unspecified atom stereocenters. The molecule has 4 aromatic rings. The summed E-state index contributed by atoms with van der Waals surface area (Å²) in [5, 5.41) is 6.30. The van der Waals surface area contributed by atoms with Crippen molar-refractivity contribution in [1.29, 1.82) is 0 Å². The fourth-order valence-electron chi connectivity index (χ4n) is 2.92. The van der Waals surface area contributed by atoms with Crippen LogP contribution in [-0.2, 0) is 13.5 Å². The van der Waals surface area contributed by atoms with Crippen LogP contribution in [0, 0.1) is 0 Å². The third kappa shape index (κ3) is 3.66. The number of nitrogens with one attached hydrogen (secondary N) is 1. The van der Waals surface area contributed by atoms with Gasteiger partial charge in [0.25, 0.3) is 5.91 Å². The Morgan fingerprint density at radius 2 is 1.85 bits per heavy atom. The predicted octanol–water partition coefficient (Wildman–Crippen LogP) is 4.01. The van der Waals surface area contributed by atoms with Gasteiger partial charge in [-0.05, 0) is 29.1 Å². The van der Waals surface area contributed by atoms with Crippen molar-refractivity contribution in [3.63, 3.8) is 0 Å². The van der Waals surface area contributed by atoms with E-state index in [2.05, 4.69) is 15.1 Å². The summed E-state index contributed by atoms with van der Waals surface area (Å²) in [6.45, 7) is 0. The van der Waals surface area contributed by atoms with Crippen LogP contribution in [0.15, 0.2) is 77.2 Å². The molecule has 6 heteroatoms. The molecule has 0 saturated carbocycles. The molecule has 0 saturated heterocycles. The van der Waals surface area contributed by atoms with Crippen LogP contribution in [0.3, 0.4) is 0 Å². The molecular formula is C21H18N4OS. The van der Waals surface area contributed by atoms with Gasteiger partial charge < -0.3 is 4.57 Å². The molecule has 0 spiro atoms. The second-order valence-electron chi connectivity index (χ2n) is 6.10. The Hall–Kier alpha value is -3.25. The zero-order chi connectivity index (χ0) is 18.6. The number of thiophene rings is 1. The summed E-state index contributed by atoms with van der Waals surface area (Å²) in [5.41, 5.74) is 6.42. The number of benzene rings is 2. The molecule has 4 rings (SSSR count). The third-order valence-electron chi connectivity index (χ3n) is 4.35. The van der Waals surface area contributed by atoms with Crippen LogP contribution >= 0.6 is 11.3 Å². The molecule has 0 fully saturated rings. The third-order valence-corrected chi connectivity index (χ3v) is 5.22. The largest absolute Gasteiger partial charge is 0.331 e. The minimum Gasteiger partial charge on any atom is -0.331 e. The molecule has 2 aromatic carbocycles. The van der Waals surface area contributed by atoms with E-state index in [4.69, 9.17) is 4.98 Å². The first-order valence-corrected chi connectivity index (χ1v) is 9.46. The van der Waals surface area contributed by atoms with Crippen LogP contribution in [-0.4, -0.2) is 21.2 Å². The molecule has 2 heterocycles. The van der Waals surface area contributed by atoms with Gasteiger partial charge in [0.2, 0.25) is 0 Å². The second-order valence-corrected chi connectivity index (χ2v) is 7.04. The number of amides is 1. The number of fused-ring (bicyclic) bond motifs is 1. The van der Waals surface area contributed by atoms with Gasteiger partial charge in [0.15, 0.2) is 0 Å². The summed E-state index contributed by atoms with van der Waals surface area (Å²) >= 11 is 1.39. The summed E-state index contributed by atoms with van der Waals surface area (Å²) in [5.74, 6) is 0.688. The van der Waals surface area contributed by atoms with Crippen molar-refractivity contribution < 1.29 is 4.79 Å². The number of nitrogens with zero attached hydrogens (tertiary/aromatic N) is 3. The van der Waals surface area contributed by atoms with E-state index in [1.807, 2.05) is 73.1 Å². The molecular weight excluding hydrogens is 356 g/mol. The number of aryl methyl sites for hydroxylation is 1. The van der Waals surface area contributed by atoms with Gasteiger partial charge in [-0.25, -0.2) is 10.4 Å². The van der Waals surface area contributed by atoms with E-state index in [0.29, 0.717) is 11.3 Å². The lowest BCUT2D eigenvalue weighted by atomic mass is 10.1. The zero-order valence-electron chi connectivity index (χ0n) is 14.8. The van der Waals surface area contributed by atoms with Gasteiger partial charge in [-0.2, -0.15) is 5.10 Å². The lowest BCUT2D eigenvalue weighted by Crippen LogP contribution is -2.21. The fourth-order valence-corrected chi connectivity index (χ4v) is 3.53. The van der Waals surface area contributed by atoms with E-state index in [1.165, 1.54) is 11.3 Å². The number of para-hydroxylation sites is 2. The molecule has 0 atom stereocenters.